The number of hydrogen-bond donors (Lipinski definition) is 0. The van der Waals surface area contributed by atoms with Crippen molar-refractivity contribution in [3.8, 4) is 35.8 Å². The van der Waals surface area contributed by atoms with Crippen LogP contribution in [0.2, 0.25) is 0 Å². The number of hydrogen-bond acceptors (Lipinski definition) is 12. The lowest BCUT2D eigenvalue weighted by Crippen LogP contribution is -2.45. The Hall–Kier alpha value is -7.48. The smallest absolute Gasteiger partial charge is 0.197 e. The van der Waals surface area contributed by atoms with Crippen molar-refractivity contribution in [2.24, 2.45) is 11.8 Å². The highest BCUT2D eigenvalue weighted by Gasteiger charge is 2.50. The number of ketones is 4. The first kappa shape index (κ1) is 40.1. The Morgan fingerprint density at radius 1 is 0.485 bits per heavy atom. The second kappa shape index (κ2) is 14.5. The Morgan fingerprint density at radius 3 is 1.14 bits per heavy atom. The molecule has 2 aliphatic heterocycles. The zero-order valence-electron chi connectivity index (χ0n) is 35.2. The Labute approximate surface area is 387 Å². The van der Waals surface area contributed by atoms with E-state index in [2.05, 4.69) is 24.3 Å². The molecule has 12 heteroatoms. The van der Waals surface area contributed by atoms with Crippen molar-refractivity contribution in [1.29, 1.82) is 21.0 Å². The van der Waals surface area contributed by atoms with Crippen LogP contribution >= 0.6 is 22.7 Å². The van der Waals surface area contributed by atoms with Crippen molar-refractivity contribution in [3.05, 3.63) is 147 Å². The van der Waals surface area contributed by atoms with Crippen LogP contribution < -0.4 is 9.47 Å². The summed E-state index contributed by atoms with van der Waals surface area (Å²) in [5, 5.41) is 38.3. The predicted octanol–water partition coefficient (Wildman–Crippen LogP) is 11.0. The van der Waals surface area contributed by atoms with E-state index < -0.39 is 34.3 Å². The summed E-state index contributed by atoms with van der Waals surface area (Å²) in [5.74, 6) is -0.400. The van der Waals surface area contributed by atoms with Crippen LogP contribution in [0.3, 0.4) is 0 Å². The van der Waals surface area contributed by atoms with Gasteiger partial charge in [0.25, 0.3) is 0 Å². The third-order valence-corrected chi connectivity index (χ3v) is 16.8. The topological polar surface area (TPSA) is 182 Å². The Balaban J connectivity index is 0.935. The molecule has 12 rings (SSSR count). The normalized spacial score (nSPS) is 22.2. The van der Waals surface area contributed by atoms with E-state index in [1.54, 1.807) is 12.2 Å². The molecule has 4 aromatic rings. The van der Waals surface area contributed by atoms with Crippen molar-refractivity contribution in [3.63, 3.8) is 0 Å². The fourth-order valence-corrected chi connectivity index (χ4v) is 13.6. The van der Waals surface area contributed by atoms with Crippen LogP contribution in [0, 0.1) is 57.2 Å². The van der Waals surface area contributed by atoms with E-state index in [1.165, 1.54) is 46.9 Å². The molecule has 0 amide bonds. The standard InChI is InChI=1S/C54H34N4O6S2/c55-23-29-13-35-36(14-30(29)24-56)48(60)41(47(35)59)19-33-21-45-51(65-33)39-11-28-18-44-40(12-27(28)17-43(39)53(63-45)7-3-1-4-8-53)52-46(64-54(44)9-5-2-6-10-54)22-34(66-52)20-42-49(61)37-15-31(25-57)32(26-58)16-38(37)50(42)62/h11-22,27-28H,1-10H2. The second-order valence-corrected chi connectivity index (χ2v) is 20.4. The van der Waals surface area contributed by atoms with E-state index in [-0.39, 0.29) is 67.5 Å². The zero-order chi connectivity index (χ0) is 45.2. The van der Waals surface area contributed by atoms with E-state index in [0.717, 1.165) is 108 Å². The second-order valence-electron chi connectivity index (χ2n) is 18.2. The lowest BCUT2D eigenvalue weighted by atomic mass is 9.65. The monoisotopic (exact) mass is 898 g/mol. The average Bonchev–Trinajstić information content (AvgIpc) is 4.06. The highest BCUT2D eigenvalue weighted by Crippen LogP contribution is 2.60. The number of Topliss-reactive ketones (excluding diaryl/α,β-unsaturated/α-hetero) is 4. The van der Waals surface area contributed by atoms with Crippen LogP contribution in [0.4, 0.5) is 0 Å². The van der Waals surface area contributed by atoms with Crippen molar-refractivity contribution in [2.75, 3.05) is 0 Å². The molecule has 6 aliphatic carbocycles. The molecule has 2 atom stereocenters. The van der Waals surface area contributed by atoms with E-state index >= 15 is 0 Å². The third-order valence-electron chi connectivity index (χ3n) is 14.6. The number of nitriles is 4. The van der Waals surface area contributed by atoms with Gasteiger partial charge in [0.2, 0.25) is 0 Å². The third kappa shape index (κ3) is 5.72. The molecule has 2 saturated carbocycles. The van der Waals surface area contributed by atoms with E-state index in [1.807, 2.05) is 36.4 Å². The number of carbonyl (C=O) groups excluding carboxylic acids is 4. The van der Waals surface area contributed by atoms with Crippen LogP contribution in [-0.4, -0.2) is 34.3 Å². The van der Waals surface area contributed by atoms with Crippen LogP contribution in [0.5, 0.6) is 11.5 Å². The molecule has 0 N–H and O–H groups in total. The van der Waals surface area contributed by atoms with E-state index in [0.29, 0.717) is 9.75 Å². The molecule has 2 spiro atoms. The van der Waals surface area contributed by atoms with Crippen molar-refractivity contribution in [2.45, 2.75) is 75.4 Å². The molecule has 4 heterocycles. The molecule has 2 unspecified atom stereocenters. The Morgan fingerprint density at radius 2 is 0.818 bits per heavy atom. The summed E-state index contributed by atoms with van der Waals surface area (Å²) in [5.41, 5.74) is 4.21. The maximum Gasteiger partial charge on any atom is 0.197 e. The largest absolute Gasteiger partial charge is 0.481 e. The van der Waals surface area contributed by atoms with Gasteiger partial charge >= 0.3 is 0 Å². The summed E-state index contributed by atoms with van der Waals surface area (Å²) in [4.78, 5) is 57.9. The maximum atomic E-state index is 13.7. The van der Waals surface area contributed by atoms with Gasteiger partial charge in [0.1, 0.15) is 47.0 Å². The van der Waals surface area contributed by atoms with Crippen LogP contribution in [-0.2, 0) is 0 Å². The van der Waals surface area contributed by atoms with Crippen LogP contribution in [0.15, 0.2) is 83.0 Å². The van der Waals surface area contributed by atoms with Gasteiger partial charge in [-0.15, -0.1) is 22.7 Å². The average molecular weight is 899 g/mol. The van der Waals surface area contributed by atoms with Gasteiger partial charge in [-0.25, -0.2) is 0 Å². The molecule has 2 aromatic heterocycles. The number of thiophene rings is 2. The lowest BCUT2D eigenvalue weighted by molar-refractivity contribution is 0.0636. The van der Waals surface area contributed by atoms with Gasteiger partial charge < -0.3 is 9.47 Å². The van der Waals surface area contributed by atoms with Gasteiger partial charge in [-0.2, -0.15) is 21.0 Å². The maximum absolute atomic E-state index is 13.7. The van der Waals surface area contributed by atoms with Gasteiger partial charge in [-0.3, -0.25) is 19.2 Å². The van der Waals surface area contributed by atoms with E-state index in [9.17, 15) is 40.2 Å². The Kier molecular flexibility index (Phi) is 8.81. The summed E-state index contributed by atoms with van der Waals surface area (Å²) in [7, 11) is 0. The molecule has 2 aromatic carbocycles. The molecule has 0 bridgehead atoms. The molecule has 2 fully saturated rings. The number of ether oxygens (including phenoxy) is 2. The predicted molar refractivity (Wildman–Crippen MR) is 246 cm³/mol. The number of fused-ring (bicyclic) bond motifs is 11. The summed E-state index contributed by atoms with van der Waals surface area (Å²) >= 11 is 2.97. The number of nitrogens with zero attached hydrogens (tertiary/aromatic N) is 4. The van der Waals surface area contributed by atoms with Crippen molar-refractivity contribution >= 4 is 69.1 Å². The minimum Gasteiger partial charge on any atom is -0.481 e. The number of carbonyl (C=O) groups is 4. The molecule has 66 heavy (non-hydrogen) atoms. The molecule has 10 nitrogen and oxygen atoms in total. The van der Waals surface area contributed by atoms with Gasteiger partial charge in [0, 0.05) is 55.0 Å². The van der Waals surface area contributed by atoms with Gasteiger partial charge in [-0.05, 0) is 111 Å². The first-order valence-corrected chi connectivity index (χ1v) is 23.8. The molecular formula is C54H34N4O6S2. The lowest BCUT2D eigenvalue weighted by Gasteiger charge is -2.48. The SMILES string of the molecule is N#Cc1cc2c(cc1C#N)C(=O)C(=Cc1cc3c(s1)C1=CC4C=C5C(=CC4C=C1C1(CCCCC1)O3)c1sc(C=C3C(=O)c4cc(C#N)c(C#N)cc4C3=O)cc1OC51CCCCC1)C2=O. The Bertz CT molecular complexity index is 3080. The highest BCUT2D eigenvalue weighted by atomic mass is 32.1. The fourth-order valence-electron chi connectivity index (χ4n) is 11.5. The van der Waals surface area contributed by atoms with Crippen molar-refractivity contribution < 1.29 is 28.7 Å². The minimum absolute atomic E-state index is 0.00323. The molecule has 0 saturated heterocycles. The van der Waals surface area contributed by atoms with Crippen LogP contribution in [0.25, 0.3) is 23.3 Å². The van der Waals surface area contributed by atoms with Crippen molar-refractivity contribution in [1.82, 2.24) is 0 Å². The summed E-state index contributed by atoms with van der Waals surface area (Å²) in [6.45, 7) is 0. The first-order chi connectivity index (χ1) is 32.1. The summed E-state index contributed by atoms with van der Waals surface area (Å²) < 4.78 is 14.2. The first-order valence-electron chi connectivity index (χ1n) is 22.2. The summed E-state index contributed by atoms with van der Waals surface area (Å²) in [6, 6.07) is 17.1. The quantitative estimate of drug-likeness (QED) is 0.139. The molecule has 0 radical (unpaired) electrons. The number of allylic oxidation sites excluding steroid dienone is 6. The number of rotatable bonds is 2. The van der Waals surface area contributed by atoms with Gasteiger partial charge in [-0.1, -0.05) is 37.1 Å². The molecule has 8 aliphatic rings. The van der Waals surface area contributed by atoms with Crippen LogP contribution in [0.1, 0.15) is 147 Å². The highest BCUT2D eigenvalue weighted by molar-refractivity contribution is 7.15. The van der Waals surface area contributed by atoms with Gasteiger partial charge in [0.05, 0.1) is 43.2 Å². The summed E-state index contributed by atoms with van der Waals surface area (Å²) in [6.07, 6.45) is 22.5. The molecule has 318 valence electrons. The van der Waals surface area contributed by atoms with Gasteiger partial charge in [0.15, 0.2) is 23.1 Å². The zero-order valence-corrected chi connectivity index (χ0v) is 36.8. The fraction of sp³-hybridized carbons (Fsp3) is 0.259. The number of benzene rings is 2. The molecular weight excluding hydrogens is 865 g/mol. The van der Waals surface area contributed by atoms with E-state index in [4.69, 9.17) is 9.47 Å². The minimum atomic E-state index is -0.541.